The average Bonchev–Trinajstić information content (AvgIpc) is 2.38. The van der Waals surface area contributed by atoms with Gasteiger partial charge in [-0.1, -0.05) is 6.07 Å². The SMILES string of the molecule is CN1CCC(c2ccc3nccnc3c2)C(N)C1. The van der Waals surface area contributed by atoms with Gasteiger partial charge in [-0.25, -0.2) is 0 Å². The molecule has 2 atom stereocenters. The topological polar surface area (TPSA) is 55.0 Å². The molecule has 0 amide bonds. The second-order valence-corrected chi connectivity index (χ2v) is 5.13. The molecule has 0 aliphatic carbocycles. The van der Waals surface area contributed by atoms with E-state index in [1.807, 2.05) is 6.07 Å². The van der Waals surface area contributed by atoms with Crippen LogP contribution in [0.3, 0.4) is 0 Å². The van der Waals surface area contributed by atoms with Gasteiger partial charge in [0, 0.05) is 30.9 Å². The third kappa shape index (κ3) is 2.09. The van der Waals surface area contributed by atoms with Crippen molar-refractivity contribution in [1.82, 2.24) is 14.9 Å². The summed E-state index contributed by atoms with van der Waals surface area (Å²) in [6, 6.07) is 6.53. The molecular weight excluding hydrogens is 224 g/mol. The Morgan fingerprint density at radius 2 is 2.00 bits per heavy atom. The highest BCUT2D eigenvalue weighted by Crippen LogP contribution is 2.28. The van der Waals surface area contributed by atoms with Gasteiger partial charge in [-0.15, -0.1) is 0 Å². The van der Waals surface area contributed by atoms with E-state index >= 15 is 0 Å². The number of hydrogen-bond acceptors (Lipinski definition) is 4. The number of likely N-dealkylation sites (N-methyl/N-ethyl adjacent to an activating group) is 1. The van der Waals surface area contributed by atoms with Gasteiger partial charge in [-0.3, -0.25) is 9.97 Å². The van der Waals surface area contributed by atoms with Crippen molar-refractivity contribution >= 4 is 11.0 Å². The van der Waals surface area contributed by atoms with Crippen LogP contribution in [0.1, 0.15) is 17.9 Å². The molecule has 0 bridgehead atoms. The molecule has 2 N–H and O–H groups in total. The second kappa shape index (κ2) is 4.63. The minimum atomic E-state index is 0.206. The maximum Gasteiger partial charge on any atom is 0.0889 e. The first kappa shape index (κ1) is 11.6. The van der Waals surface area contributed by atoms with Crippen LogP contribution in [-0.2, 0) is 0 Å². The summed E-state index contributed by atoms with van der Waals surface area (Å²) in [6.07, 6.45) is 4.58. The van der Waals surface area contributed by atoms with E-state index in [4.69, 9.17) is 5.73 Å². The lowest BCUT2D eigenvalue weighted by molar-refractivity contribution is 0.228. The lowest BCUT2D eigenvalue weighted by Crippen LogP contribution is -2.45. The fourth-order valence-electron chi connectivity index (χ4n) is 2.78. The predicted molar refractivity (Wildman–Crippen MR) is 72.4 cm³/mol. The summed E-state index contributed by atoms with van der Waals surface area (Å²) >= 11 is 0. The lowest BCUT2D eigenvalue weighted by atomic mass is 9.86. The highest BCUT2D eigenvalue weighted by molar-refractivity contribution is 5.74. The Morgan fingerprint density at radius 3 is 2.78 bits per heavy atom. The van der Waals surface area contributed by atoms with E-state index in [-0.39, 0.29) is 6.04 Å². The van der Waals surface area contributed by atoms with Crippen molar-refractivity contribution in [3.8, 4) is 0 Å². The zero-order valence-electron chi connectivity index (χ0n) is 10.6. The highest BCUT2D eigenvalue weighted by Gasteiger charge is 2.26. The van der Waals surface area contributed by atoms with Crippen LogP contribution in [0.25, 0.3) is 11.0 Å². The largest absolute Gasteiger partial charge is 0.326 e. The Hall–Kier alpha value is -1.52. The summed E-state index contributed by atoms with van der Waals surface area (Å²) in [5.41, 5.74) is 9.47. The third-order valence-corrected chi connectivity index (χ3v) is 3.78. The number of nitrogens with two attached hydrogens (primary N) is 1. The van der Waals surface area contributed by atoms with Gasteiger partial charge >= 0.3 is 0 Å². The Bertz CT molecular complexity index is 554. The zero-order valence-corrected chi connectivity index (χ0v) is 10.6. The molecule has 1 aromatic heterocycles. The molecule has 0 radical (unpaired) electrons. The van der Waals surface area contributed by atoms with Crippen molar-refractivity contribution < 1.29 is 0 Å². The number of hydrogen-bond donors (Lipinski definition) is 1. The number of piperidine rings is 1. The minimum absolute atomic E-state index is 0.206. The van der Waals surface area contributed by atoms with Crippen molar-refractivity contribution in [3.63, 3.8) is 0 Å². The number of likely N-dealkylation sites (tertiary alicyclic amines) is 1. The maximum absolute atomic E-state index is 6.27. The fraction of sp³-hybridized carbons (Fsp3) is 0.429. The predicted octanol–water partition coefficient (Wildman–Crippen LogP) is 1.38. The number of rotatable bonds is 1. The van der Waals surface area contributed by atoms with E-state index in [9.17, 15) is 0 Å². The summed E-state index contributed by atoms with van der Waals surface area (Å²) < 4.78 is 0. The normalized spacial score (nSPS) is 25.4. The minimum Gasteiger partial charge on any atom is -0.326 e. The molecule has 4 heteroatoms. The van der Waals surface area contributed by atoms with Gasteiger partial charge < -0.3 is 10.6 Å². The second-order valence-electron chi connectivity index (χ2n) is 5.13. The molecule has 1 aliphatic rings. The van der Waals surface area contributed by atoms with E-state index < -0.39 is 0 Å². The standard InChI is InChI=1S/C14H18N4/c1-18-7-4-11(12(15)9-18)10-2-3-13-14(8-10)17-6-5-16-13/h2-3,5-6,8,11-12H,4,7,9,15H2,1H3. The Kier molecular flexibility index (Phi) is 2.97. The maximum atomic E-state index is 6.27. The molecule has 18 heavy (non-hydrogen) atoms. The highest BCUT2D eigenvalue weighted by atomic mass is 15.1. The van der Waals surface area contributed by atoms with E-state index in [0.717, 1.165) is 30.5 Å². The summed E-state index contributed by atoms with van der Waals surface area (Å²) in [5.74, 6) is 0.438. The number of nitrogens with zero attached hydrogens (tertiary/aromatic N) is 3. The number of fused-ring (bicyclic) bond motifs is 1. The molecule has 94 valence electrons. The molecule has 0 saturated carbocycles. The quantitative estimate of drug-likeness (QED) is 0.820. The molecule has 2 aromatic rings. The van der Waals surface area contributed by atoms with Gasteiger partial charge in [0.2, 0.25) is 0 Å². The van der Waals surface area contributed by atoms with Crippen molar-refractivity contribution in [3.05, 3.63) is 36.2 Å². The van der Waals surface area contributed by atoms with Crippen LogP contribution in [0.15, 0.2) is 30.6 Å². The first-order chi connectivity index (χ1) is 8.74. The van der Waals surface area contributed by atoms with Crippen LogP contribution >= 0.6 is 0 Å². The van der Waals surface area contributed by atoms with Crippen molar-refractivity contribution in [2.75, 3.05) is 20.1 Å². The first-order valence-corrected chi connectivity index (χ1v) is 6.39. The Labute approximate surface area is 107 Å². The van der Waals surface area contributed by atoms with Gasteiger partial charge in [-0.2, -0.15) is 0 Å². The van der Waals surface area contributed by atoms with E-state index in [1.54, 1.807) is 12.4 Å². The third-order valence-electron chi connectivity index (χ3n) is 3.78. The molecule has 1 fully saturated rings. The van der Waals surface area contributed by atoms with Crippen molar-refractivity contribution in [1.29, 1.82) is 0 Å². The molecule has 3 rings (SSSR count). The van der Waals surface area contributed by atoms with Gasteiger partial charge in [-0.05, 0) is 37.7 Å². The Balaban J connectivity index is 1.94. The van der Waals surface area contributed by atoms with Crippen LogP contribution < -0.4 is 5.73 Å². The Morgan fingerprint density at radius 1 is 1.22 bits per heavy atom. The molecule has 1 aliphatic heterocycles. The average molecular weight is 242 g/mol. The van der Waals surface area contributed by atoms with E-state index in [1.165, 1.54) is 5.56 Å². The summed E-state index contributed by atoms with van der Waals surface area (Å²) in [7, 11) is 2.13. The van der Waals surface area contributed by atoms with Gasteiger partial charge in [0.1, 0.15) is 0 Å². The number of benzene rings is 1. The van der Waals surface area contributed by atoms with Crippen LogP contribution in [0.4, 0.5) is 0 Å². The molecule has 4 nitrogen and oxygen atoms in total. The summed E-state index contributed by atoms with van der Waals surface area (Å²) in [5, 5.41) is 0. The van der Waals surface area contributed by atoms with Crippen LogP contribution in [0.5, 0.6) is 0 Å². The summed E-state index contributed by atoms with van der Waals surface area (Å²) in [4.78, 5) is 11.0. The molecule has 0 spiro atoms. The number of aromatic nitrogens is 2. The van der Waals surface area contributed by atoms with E-state index in [0.29, 0.717) is 5.92 Å². The molecule has 1 saturated heterocycles. The molecule has 2 unspecified atom stereocenters. The molecule has 1 aromatic carbocycles. The molecular formula is C14H18N4. The lowest BCUT2D eigenvalue weighted by Gasteiger charge is -2.34. The van der Waals surface area contributed by atoms with Crippen LogP contribution in [0, 0.1) is 0 Å². The zero-order chi connectivity index (χ0) is 12.5. The van der Waals surface area contributed by atoms with Crippen LogP contribution in [0.2, 0.25) is 0 Å². The smallest absolute Gasteiger partial charge is 0.0889 e. The van der Waals surface area contributed by atoms with Gasteiger partial charge in [0.25, 0.3) is 0 Å². The van der Waals surface area contributed by atoms with Crippen molar-refractivity contribution in [2.24, 2.45) is 5.73 Å². The van der Waals surface area contributed by atoms with Crippen molar-refractivity contribution in [2.45, 2.75) is 18.4 Å². The van der Waals surface area contributed by atoms with Crippen LogP contribution in [-0.4, -0.2) is 41.0 Å². The fourth-order valence-corrected chi connectivity index (χ4v) is 2.78. The van der Waals surface area contributed by atoms with E-state index in [2.05, 4.69) is 34.0 Å². The molecule has 2 heterocycles. The van der Waals surface area contributed by atoms with Gasteiger partial charge in [0.15, 0.2) is 0 Å². The first-order valence-electron chi connectivity index (χ1n) is 6.39. The van der Waals surface area contributed by atoms with Gasteiger partial charge in [0.05, 0.1) is 11.0 Å². The summed E-state index contributed by atoms with van der Waals surface area (Å²) in [6.45, 7) is 2.07. The monoisotopic (exact) mass is 242 g/mol.